The zero-order chi connectivity index (χ0) is 13.8. The van der Waals surface area contributed by atoms with E-state index in [9.17, 15) is 0 Å². The number of rotatable bonds is 9. The van der Waals surface area contributed by atoms with Crippen molar-refractivity contribution in [1.29, 1.82) is 0 Å². The number of ether oxygens (including phenoxy) is 1. The molecule has 0 aromatic rings. The summed E-state index contributed by atoms with van der Waals surface area (Å²) in [5.74, 6) is 0.681. The smallest absolute Gasteiger partial charge is 0.0637 e. The maximum absolute atomic E-state index is 6.10. The van der Waals surface area contributed by atoms with Gasteiger partial charge in [0, 0.05) is 12.5 Å². The van der Waals surface area contributed by atoms with E-state index in [1.807, 2.05) is 0 Å². The lowest BCUT2D eigenvalue weighted by Gasteiger charge is -2.22. The second-order valence-corrected chi connectivity index (χ2v) is 5.99. The average Bonchev–Trinajstić information content (AvgIpc) is 2.65. The molecule has 1 rings (SSSR count). The fraction of sp³-hybridized carbons (Fsp3) is 0.889. The fourth-order valence-electron chi connectivity index (χ4n) is 2.91. The lowest BCUT2D eigenvalue weighted by molar-refractivity contribution is 0.0305. The highest BCUT2D eigenvalue weighted by atomic mass is 16.5. The monoisotopic (exact) mass is 266 g/mol. The first kappa shape index (κ1) is 16.8. The molecular formula is C18H34O. The van der Waals surface area contributed by atoms with E-state index in [-0.39, 0.29) is 0 Å². The summed E-state index contributed by atoms with van der Waals surface area (Å²) in [5, 5.41) is 0. The Kier molecular flexibility index (Phi) is 10.2. The van der Waals surface area contributed by atoms with Gasteiger partial charge in [0.25, 0.3) is 0 Å². The molecule has 0 aromatic carbocycles. The number of hydrogen-bond acceptors (Lipinski definition) is 1. The molecule has 0 saturated carbocycles. The van der Waals surface area contributed by atoms with Gasteiger partial charge in [-0.05, 0) is 25.7 Å². The molecule has 1 aliphatic heterocycles. The van der Waals surface area contributed by atoms with E-state index in [0.29, 0.717) is 12.0 Å². The third-order valence-electron chi connectivity index (χ3n) is 4.19. The molecule has 2 atom stereocenters. The Morgan fingerprint density at radius 2 is 1.84 bits per heavy atom. The van der Waals surface area contributed by atoms with E-state index in [2.05, 4.69) is 26.0 Å². The Morgan fingerprint density at radius 1 is 1.00 bits per heavy atom. The average molecular weight is 266 g/mol. The van der Waals surface area contributed by atoms with Crippen LogP contribution in [-0.4, -0.2) is 12.7 Å². The molecule has 1 heteroatoms. The van der Waals surface area contributed by atoms with Crippen LogP contribution in [0.25, 0.3) is 0 Å². The summed E-state index contributed by atoms with van der Waals surface area (Å²) in [6.45, 7) is 5.53. The summed E-state index contributed by atoms with van der Waals surface area (Å²) in [7, 11) is 0. The Labute approximate surface area is 120 Å². The van der Waals surface area contributed by atoms with E-state index in [1.165, 1.54) is 70.6 Å². The minimum Gasteiger partial charge on any atom is -0.378 e. The predicted molar refractivity (Wildman–Crippen MR) is 84.5 cm³/mol. The van der Waals surface area contributed by atoms with Gasteiger partial charge in [-0.2, -0.15) is 0 Å². The standard InChI is InChI=1S/C18H34O/c1-3-5-7-9-13-17-14-11-12-16-19-18(17)15-10-8-6-4-2/h9,13,17-18H,3-8,10-12,14-16H2,1-2H3/b13-9+/t17-,18+/m0/s1. The van der Waals surface area contributed by atoms with E-state index in [1.54, 1.807) is 0 Å². The largest absolute Gasteiger partial charge is 0.378 e. The molecule has 0 bridgehead atoms. The molecule has 0 radical (unpaired) electrons. The van der Waals surface area contributed by atoms with E-state index >= 15 is 0 Å². The van der Waals surface area contributed by atoms with Crippen molar-refractivity contribution in [3.8, 4) is 0 Å². The van der Waals surface area contributed by atoms with Gasteiger partial charge < -0.3 is 4.74 Å². The molecule has 1 fully saturated rings. The van der Waals surface area contributed by atoms with Crippen molar-refractivity contribution in [2.75, 3.05) is 6.61 Å². The van der Waals surface area contributed by atoms with Crippen molar-refractivity contribution in [3.63, 3.8) is 0 Å². The first-order valence-electron chi connectivity index (χ1n) is 8.66. The van der Waals surface area contributed by atoms with E-state index < -0.39 is 0 Å². The molecular weight excluding hydrogens is 232 g/mol. The van der Waals surface area contributed by atoms with Crippen molar-refractivity contribution in [3.05, 3.63) is 12.2 Å². The van der Waals surface area contributed by atoms with Gasteiger partial charge in [-0.3, -0.25) is 0 Å². The first-order chi connectivity index (χ1) is 9.38. The maximum atomic E-state index is 6.10. The van der Waals surface area contributed by atoms with Crippen LogP contribution >= 0.6 is 0 Å². The molecule has 1 saturated heterocycles. The lowest BCUT2D eigenvalue weighted by atomic mass is 9.92. The van der Waals surface area contributed by atoms with Crippen molar-refractivity contribution in [2.24, 2.45) is 5.92 Å². The van der Waals surface area contributed by atoms with Gasteiger partial charge in [0.1, 0.15) is 0 Å². The summed E-state index contributed by atoms with van der Waals surface area (Å²) < 4.78 is 6.10. The topological polar surface area (TPSA) is 9.23 Å². The van der Waals surface area contributed by atoms with Crippen LogP contribution in [0.15, 0.2) is 12.2 Å². The highest BCUT2D eigenvalue weighted by molar-refractivity contribution is 4.93. The fourth-order valence-corrected chi connectivity index (χ4v) is 2.91. The molecule has 0 unspecified atom stereocenters. The second kappa shape index (κ2) is 11.5. The molecule has 1 nitrogen and oxygen atoms in total. The van der Waals surface area contributed by atoms with E-state index in [4.69, 9.17) is 4.74 Å². The van der Waals surface area contributed by atoms with Crippen LogP contribution in [-0.2, 0) is 4.74 Å². The van der Waals surface area contributed by atoms with Crippen molar-refractivity contribution in [2.45, 2.75) is 90.6 Å². The maximum Gasteiger partial charge on any atom is 0.0637 e. The van der Waals surface area contributed by atoms with Gasteiger partial charge in [-0.15, -0.1) is 0 Å². The highest BCUT2D eigenvalue weighted by Gasteiger charge is 2.21. The van der Waals surface area contributed by atoms with Crippen LogP contribution in [0, 0.1) is 5.92 Å². The molecule has 0 amide bonds. The van der Waals surface area contributed by atoms with Crippen LogP contribution in [0.2, 0.25) is 0 Å². The zero-order valence-corrected chi connectivity index (χ0v) is 13.2. The number of unbranched alkanes of at least 4 members (excludes halogenated alkanes) is 5. The minimum absolute atomic E-state index is 0.497. The van der Waals surface area contributed by atoms with E-state index in [0.717, 1.165) is 6.61 Å². The summed E-state index contributed by atoms with van der Waals surface area (Å²) in [4.78, 5) is 0. The Morgan fingerprint density at radius 3 is 2.63 bits per heavy atom. The number of allylic oxidation sites excluding steroid dienone is 1. The van der Waals surface area contributed by atoms with Gasteiger partial charge in [0.15, 0.2) is 0 Å². The molecule has 0 spiro atoms. The first-order valence-corrected chi connectivity index (χ1v) is 8.66. The molecule has 0 aromatic heterocycles. The third kappa shape index (κ3) is 7.77. The quantitative estimate of drug-likeness (QED) is 0.373. The molecule has 0 aliphatic carbocycles. The van der Waals surface area contributed by atoms with Crippen molar-refractivity contribution >= 4 is 0 Å². The second-order valence-electron chi connectivity index (χ2n) is 5.99. The van der Waals surface area contributed by atoms with Gasteiger partial charge in [-0.1, -0.05) is 70.9 Å². The van der Waals surface area contributed by atoms with Gasteiger partial charge in [0.2, 0.25) is 0 Å². The van der Waals surface area contributed by atoms with Gasteiger partial charge in [0.05, 0.1) is 6.10 Å². The van der Waals surface area contributed by atoms with Crippen molar-refractivity contribution in [1.82, 2.24) is 0 Å². The van der Waals surface area contributed by atoms with Gasteiger partial charge in [-0.25, -0.2) is 0 Å². The normalized spacial score (nSPS) is 24.7. The van der Waals surface area contributed by atoms with Crippen LogP contribution < -0.4 is 0 Å². The summed E-state index contributed by atoms with van der Waals surface area (Å²) in [6.07, 6.45) is 19.9. The summed E-state index contributed by atoms with van der Waals surface area (Å²) in [6, 6.07) is 0. The Bertz CT molecular complexity index is 222. The Hall–Kier alpha value is -0.300. The minimum atomic E-state index is 0.497. The lowest BCUT2D eigenvalue weighted by Crippen LogP contribution is -2.21. The molecule has 19 heavy (non-hydrogen) atoms. The van der Waals surface area contributed by atoms with Crippen LogP contribution in [0.5, 0.6) is 0 Å². The molecule has 1 heterocycles. The Balaban J connectivity index is 2.34. The molecule has 1 aliphatic rings. The SMILES string of the molecule is CCCC/C=C/[C@H]1CCCCO[C@@H]1CCCCCC. The summed E-state index contributed by atoms with van der Waals surface area (Å²) >= 11 is 0. The molecule has 0 N–H and O–H groups in total. The van der Waals surface area contributed by atoms with Crippen LogP contribution in [0.1, 0.15) is 84.5 Å². The van der Waals surface area contributed by atoms with Crippen molar-refractivity contribution < 1.29 is 4.74 Å². The van der Waals surface area contributed by atoms with Gasteiger partial charge >= 0.3 is 0 Å². The predicted octanol–water partition coefficient (Wildman–Crippen LogP) is 5.89. The summed E-state index contributed by atoms with van der Waals surface area (Å²) in [5.41, 5.74) is 0. The zero-order valence-electron chi connectivity index (χ0n) is 13.2. The van der Waals surface area contributed by atoms with Crippen LogP contribution in [0.4, 0.5) is 0 Å². The van der Waals surface area contributed by atoms with Crippen LogP contribution in [0.3, 0.4) is 0 Å². The third-order valence-corrected chi connectivity index (χ3v) is 4.19. The molecule has 112 valence electrons. The number of hydrogen-bond donors (Lipinski definition) is 0. The highest BCUT2D eigenvalue weighted by Crippen LogP contribution is 2.26.